The van der Waals surface area contributed by atoms with Gasteiger partial charge in [-0.1, -0.05) is 30.3 Å². The maximum atomic E-state index is 13.0. The van der Waals surface area contributed by atoms with Crippen LogP contribution in [-0.2, 0) is 31.0 Å². The maximum Gasteiger partial charge on any atom is 0.255 e. The molecule has 9 nitrogen and oxygen atoms in total. The molecular weight excluding hydrogens is 472 g/mol. The Bertz CT molecular complexity index is 1390. The molecule has 0 aliphatic carbocycles. The van der Waals surface area contributed by atoms with Crippen molar-refractivity contribution in [3.63, 3.8) is 0 Å². The van der Waals surface area contributed by atoms with Crippen LogP contribution in [0.15, 0.2) is 77.9 Å². The van der Waals surface area contributed by atoms with Gasteiger partial charge in [0.25, 0.3) is 11.5 Å². The van der Waals surface area contributed by atoms with Crippen molar-refractivity contribution < 1.29 is 19.0 Å². The fraction of sp³-hybridized carbons (Fsp3) is 0.250. The molecule has 0 unspecified atom stereocenters. The van der Waals surface area contributed by atoms with E-state index in [2.05, 4.69) is 10.4 Å². The van der Waals surface area contributed by atoms with Crippen LogP contribution in [0.25, 0.3) is 0 Å². The molecule has 2 aromatic heterocycles. The summed E-state index contributed by atoms with van der Waals surface area (Å²) >= 11 is 0. The number of amides is 1. The van der Waals surface area contributed by atoms with Crippen LogP contribution in [0.2, 0.25) is 0 Å². The van der Waals surface area contributed by atoms with Crippen molar-refractivity contribution in [2.24, 2.45) is 0 Å². The van der Waals surface area contributed by atoms with E-state index in [4.69, 9.17) is 14.2 Å². The molecule has 0 aliphatic rings. The van der Waals surface area contributed by atoms with Gasteiger partial charge in [-0.25, -0.2) is 0 Å². The first-order chi connectivity index (χ1) is 18.0. The van der Waals surface area contributed by atoms with Crippen LogP contribution in [-0.4, -0.2) is 41.6 Å². The summed E-state index contributed by atoms with van der Waals surface area (Å²) in [6.07, 6.45) is 3.50. The number of carbonyl (C=O) groups excluding carboxylic acids is 1. The average molecular weight is 503 g/mol. The first-order valence-electron chi connectivity index (χ1n) is 11.8. The van der Waals surface area contributed by atoms with E-state index < -0.39 is 0 Å². The fourth-order valence-corrected chi connectivity index (χ4v) is 3.95. The highest BCUT2D eigenvalue weighted by molar-refractivity contribution is 5.95. The average Bonchev–Trinajstić information content (AvgIpc) is 3.31. The number of nitrogens with zero attached hydrogens (tertiary/aromatic N) is 3. The zero-order chi connectivity index (χ0) is 26.2. The van der Waals surface area contributed by atoms with Crippen molar-refractivity contribution >= 4 is 5.91 Å². The summed E-state index contributed by atoms with van der Waals surface area (Å²) in [5.41, 5.74) is 3.87. The lowest BCUT2D eigenvalue weighted by Gasteiger charge is -2.09. The second-order valence-electron chi connectivity index (χ2n) is 8.51. The van der Waals surface area contributed by atoms with Crippen LogP contribution < -0.4 is 20.3 Å². The second kappa shape index (κ2) is 12.0. The molecule has 4 aromatic rings. The first kappa shape index (κ1) is 25.7. The molecule has 0 fully saturated rings. The lowest BCUT2D eigenvalue weighted by molar-refractivity contribution is 0.0945. The molecule has 0 atom stereocenters. The SMILES string of the molecule is COCc1nn(Cc2ccc(Cn3ccccc3=O)cc2)cc1C(=O)NCc1cc(OC)cc(OC)c1. The van der Waals surface area contributed by atoms with Gasteiger partial charge in [-0.05, 0) is 34.9 Å². The highest BCUT2D eigenvalue weighted by Crippen LogP contribution is 2.22. The van der Waals surface area contributed by atoms with Gasteiger partial charge in [-0.3, -0.25) is 14.3 Å². The van der Waals surface area contributed by atoms with Gasteiger partial charge in [0.05, 0.1) is 39.5 Å². The number of hydrogen-bond donors (Lipinski definition) is 1. The van der Waals surface area contributed by atoms with E-state index in [1.807, 2.05) is 42.5 Å². The molecule has 0 bridgehead atoms. The summed E-state index contributed by atoms with van der Waals surface area (Å²) in [5.74, 6) is 1.06. The number of nitrogens with one attached hydrogen (secondary N) is 1. The van der Waals surface area contributed by atoms with Crippen LogP contribution in [0.4, 0.5) is 0 Å². The Morgan fingerprint density at radius 1 is 0.892 bits per heavy atom. The van der Waals surface area contributed by atoms with Crippen LogP contribution in [0, 0.1) is 0 Å². The fourth-order valence-electron chi connectivity index (χ4n) is 3.95. The minimum Gasteiger partial charge on any atom is -0.497 e. The van der Waals surface area contributed by atoms with E-state index >= 15 is 0 Å². The van der Waals surface area contributed by atoms with Crippen molar-refractivity contribution in [2.45, 2.75) is 26.2 Å². The van der Waals surface area contributed by atoms with Crippen molar-refractivity contribution in [3.05, 3.63) is 111 Å². The van der Waals surface area contributed by atoms with Gasteiger partial charge in [0.15, 0.2) is 0 Å². The Morgan fingerprint density at radius 3 is 2.19 bits per heavy atom. The molecule has 4 rings (SSSR count). The number of aromatic nitrogens is 3. The van der Waals surface area contributed by atoms with Crippen LogP contribution >= 0.6 is 0 Å². The summed E-state index contributed by atoms with van der Waals surface area (Å²) in [4.78, 5) is 25.0. The van der Waals surface area contributed by atoms with Gasteiger partial charge < -0.3 is 24.1 Å². The maximum absolute atomic E-state index is 13.0. The minimum absolute atomic E-state index is 0.0369. The van der Waals surface area contributed by atoms with Crippen LogP contribution in [0.5, 0.6) is 11.5 Å². The number of ether oxygens (including phenoxy) is 3. The second-order valence-corrected chi connectivity index (χ2v) is 8.51. The lowest BCUT2D eigenvalue weighted by Crippen LogP contribution is -2.23. The zero-order valence-electron chi connectivity index (χ0n) is 21.1. The molecule has 1 amide bonds. The minimum atomic E-state index is -0.247. The Morgan fingerprint density at radius 2 is 1.57 bits per heavy atom. The molecule has 192 valence electrons. The quantitative estimate of drug-likeness (QED) is 0.338. The number of carbonyl (C=O) groups is 1. The summed E-state index contributed by atoms with van der Waals surface area (Å²) in [5, 5.41) is 7.52. The predicted octanol–water partition coefficient (Wildman–Crippen LogP) is 3.24. The molecule has 2 aromatic carbocycles. The molecule has 0 saturated heterocycles. The zero-order valence-corrected chi connectivity index (χ0v) is 21.1. The molecule has 37 heavy (non-hydrogen) atoms. The van der Waals surface area contributed by atoms with Gasteiger partial charge in [0.2, 0.25) is 0 Å². The van der Waals surface area contributed by atoms with E-state index in [0.717, 1.165) is 16.7 Å². The molecule has 1 N–H and O–H groups in total. The Hall–Kier alpha value is -4.37. The molecule has 0 saturated carbocycles. The standard InChI is InChI=1S/C28H30N4O5/c1-35-19-26-25(28(34)29-15-22-12-23(36-2)14-24(13-22)37-3)18-32(30-26)17-21-9-7-20(8-10-21)16-31-11-5-4-6-27(31)33/h4-14,18H,15-17,19H2,1-3H3,(H,29,34). The molecule has 0 aliphatic heterocycles. The summed E-state index contributed by atoms with van der Waals surface area (Å²) in [6, 6.07) is 18.6. The Balaban J connectivity index is 1.44. The number of benzene rings is 2. The number of methoxy groups -OCH3 is 3. The van der Waals surface area contributed by atoms with E-state index in [-0.39, 0.29) is 18.1 Å². The highest BCUT2D eigenvalue weighted by atomic mass is 16.5. The predicted molar refractivity (Wildman–Crippen MR) is 139 cm³/mol. The molecule has 0 spiro atoms. The number of rotatable bonds is 11. The Labute approximate surface area is 215 Å². The third-order valence-electron chi connectivity index (χ3n) is 5.85. The van der Waals surface area contributed by atoms with E-state index in [0.29, 0.717) is 42.4 Å². The largest absolute Gasteiger partial charge is 0.497 e. The third kappa shape index (κ3) is 6.65. The first-order valence-corrected chi connectivity index (χ1v) is 11.8. The molecule has 2 heterocycles. The number of pyridine rings is 1. The summed E-state index contributed by atoms with van der Waals surface area (Å²) in [6.45, 7) is 1.51. The van der Waals surface area contributed by atoms with Crippen molar-refractivity contribution in [3.8, 4) is 11.5 Å². The topological polar surface area (TPSA) is 96.6 Å². The van der Waals surface area contributed by atoms with E-state index in [1.54, 1.807) is 61.2 Å². The molecule has 0 radical (unpaired) electrons. The van der Waals surface area contributed by atoms with E-state index in [1.165, 1.54) is 0 Å². The third-order valence-corrected chi connectivity index (χ3v) is 5.85. The Kier molecular flexibility index (Phi) is 8.37. The van der Waals surface area contributed by atoms with Gasteiger partial charge in [-0.2, -0.15) is 5.10 Å². The number of hydrogen-bond acceptors (Lipinski definition) is 6. The van der Waals surface area contributed by atoms with Gasteiger partial charge in [-0.15, -0.1) is 0 Å². The van der Waals surface area contributed by atoms with Crippen molar-refractivity contribution in [1.82, 2.24) is 19.7 Å². The normalized spacial score (nSPS) is 10.8. The monoisotopic (exact) mass is 502 g/mol. The molecule has 9 heteroatoms. The lowest BCUT2D eigenvalue weighted by atomic mass is 10.1. The smallest absolute Gasteiger partial charge is 0.255 e. The van der Waals surface area contributed by atoms with Gasteiger partial charge in [0, 0.05) is 38.2 Å². The molecular formula is C28H30N4O5. The highest BCUT2D eigenvalue weighted by Gasteiger charge is 2.17. The van der Waals surface area contributed by atoms with Crippen molar-refractivity contribution in [1.29, 1.82) is 0 Å². The van der Waals surface area contributed by atoms with Crippen LogP contribution in [0.3, 0.4) is 0 Å². The summed E-state index contributed by atoms with van der Waals surface area (Å²) in [7, 11) is 4.74. The van der Waals surface area contributed by atoms with Crippen LogP contribution in [0.1, 0.15) is 32.7 Å². The summed E-state index contributed by atoms with van der Waals surface area (Å²) < 4.78 is 19.3. The van der Waals surface area contributed by atoms with Gasteiger partial charge >= 0.3 is 0 Å². The van der Waals surface area contributed by atoms with E-state index in [9.17, 15) is 9.59 Å². The van der Waals surface area contributed by atoms with Gasteiger partial charge in [0.1, 0.15) is 17.2 Å². The van der Waals surface area contributed by atoms with Crippen molar-refractivity contribution in [2.75, 3.05) is 21.3 Å².